The van der Waals surface area contributed by atoms with Crippen molar-refractivity contribution >= 4 is 16.0 Å². The molecule has 0 aliphatic heterocycles. The van der Waals surface area contributed by atoms with Crippen molar-refractivity contribution in [3.63, 3.8) is 0 Å². The molecule has 1 unspecified atom stereocenters. The van der Waals surface area contributed by atoms with Crippen LogP contribution in [0.25, 0.3) is 0 Å². The van der Waals surface area contributed by atoms with E-state index < -0.39 is 16.0 Å². The minimum atomic E-state index is -3.41. The fraction of sp³-hybridized carbons (Fsp3) is 0.818. The lowest BCUT2D eigenvalue weighted by atomic mass is 10.2. The minimum absolute atomic E-state index is 0.0844. The molecule has 1 atom stereocenters. The number of carbonyl (C=O) groups is 1. The average molecular weight is 276 g/mol. The van der Waals surface area contributed by atoms with Gasteiger partial charge in [-0.3, -0.25) is 4.79 Å². The zero-order valence-corrected chi connectivity index (χ0v) is 11.9. The Morgan fingerprint density at radius 2 is 2.11 bits per heavy atom. The van der Waals surface area contributed by atoms with E-state index in [-0.39, 0.29) is 31.1 Å². The van der Waals surface area contributed by atoms with E-state index in [4.69, 9.17) is 5.26 Å². The molecule has 0 saturated carbocycles. The highest BCUT2D eigenvalue weighted by Crippen LogP contribution is 2.08. The van der Waals surface area contributed by atoms with Gasteiger partial charge in [-0.25, -0.2) is 12.7 Å². The number of hydrogen-bond donors (Lipinski definition) is 0. The Labute approximate surface area is 109 Å². The molecule has 0 spiro atoms. The molecule has 0 heterocycles. The van der Waals surface area contributed by atoms with Gasteiger partial charge >= 0.3 is 5.97 Å². The van der Waals surface area contributed by atoms with Crippen LogP contribution in [0.3, 0.4) is 0 Å². The van der Waals surface area contributed by atoms with E-state index in [0.717, 1.165) is 0 Å². The van der Waals surface area contributed by atoms with Crippen molar-refractivity contribution in [1.29, 1.82) is 5.26 Å². The van der Waals surface area contributed by atoms with Crippen LogP contribution in [-0.2, 0) is 19.6 Å². The molecule has 0 aromatic rings. The van der Waals surface area contributed by atoms with Crippen molar-refractivity contribution in [3.8, 4) is 6.07 Å². The SMILES string of the molecule is CCN(CC(C)C#N)S(=O)(=O)CCCC(=O)OC. The lowest BCUT2D eigenvalue weighted by Crippen LogP contribution is -2.36. The molecule has 6 nitrogen and oxygen atoms in total. The van der Waals surface area contributed by atoms with Crippen molar-refractivity contribution in [2.24, 2.45) is 5.92 Å². The van der Waals surface area contributed by atoms with Crippen LogP contribution in [0.15, 0.2) is 0 Å². The van der Waals surface area contributed by atoms with Crippen LogP contribution in [-0.4, -0.2) is 44.6 Å². The fourth-order valence-corrected chi connectivity index (χ4v) is 3.03. The predicted molar refractivity (Wildman–Crippen MR) is 67.1 cm³/mol. The monoisotopic (exact) mass is 276 g/mol. The van der Waals surface area contributed by atoms with Crippen molar-refractivity contribution in [3.05, 3.63) is 0 Å². The Morgan fingerprint density at radius 1 is 1.50 bits per heavy atom. The van der Waals surface area contributed by atoms with Gasteiger partial charge in [-0.1, -0.05) is 6.92 Å². The minimum Gasteiger partial charge on any atom is -0.469 e. The smallest absolute Gasteiger partial charge is 0.305 e. The average Bonchev–Trinajstić information content (AvgIpc) is 2.34. The molecule has 0 radical (unpaired) electrons. The zero-order valence-electron chi connectivity index (χ0n) is 11.0. The molecule has 0 aromatic heterocycles. The number of carbonyl (C=O) groups excluding carboxylic acids is 1. The van der Waals surface area contributed by atoms with E-state index >= 15 is 0 Å². The Kier molecular flexibility index (Phi) is 7.55. The van der Waals surface area contributed by atoms with Gasteiger partial charge in [0.25, 0.3) is 0 Å². The molecule has 0 aromatic carbocycles. The van der Waals surface area contributed by atoms with Gasteiger partial charge < -0.3 is 4.74 Å². The van der Waals surface area contributed by atoms with Crippen LogP contribution < -0.4 is 0 Å². The second-order valence-electron chi connectivity index (χ2n) is 3.98. The fourth-order valence-electron chi connectivity index (χ4n) is 1.42. The molecule has 0 saturated heterocycles. The lowest BCUT2D eigenvalue weighted by Gasteiger charge is -2.21. The number of methoxy groups -OCH3 is 1. The molecule has 0 rings (SSSR count). The Balaban J connectivity index is 4.41. The van der Waals surface area contributed by atoms with E-state index in [1.807, 2.05) is 6.07 Å². The molecule has 0 N–H and O–H groups in total. The number of nitrogens with zero attached hydrogens (tertiary/aromatic N) is 2. The van der Waals surface area contributed by atoms with Crippen LogP contribution in [0, 0.1) is 17.2 Å². The van der Waals surface area contributed by atoms with Crippen molar-refractivity contribution in [1.82, 2.24) is 4.31 Å². The molecule has 0 amide bonds. The van der Waals surface area contributed by atoms with Gasteiger partial charge in [-0.05, 0) is 13.3 Å². The highest BCUT2D eigenvalue weighted by atomic mass is 32.2. The third-order valence-electron chi connectivity index (χ3n) is 2.45. The van der Waals surface area contributed by atoms with E-state index in [9.17, 15) is 13.2 Å². The Hall–Kier alpha value is -1.13. The van der Waals surface area contributed by atoms with Crippen molar-refractivity contribution in [2.45, 2.75) is 26.7 Å². The third kappa shape index (κ3) is 5.98. The summed E-state index contributed by atoms with van der Waals surface area (Å²) < 4.78 is 29.6. The summed E-state index contributed by atoms with van der Waals surface area (Å²) in [5.74, 6) is -0.868. The van der Waals surface area contributed by atoms with E-state index in [1.165, 1.54) is 11.4 Å². The summed E-state index contributed by atoms with van der Waals surface area (Å²) in [7, 11) is -2.14. The second-order valence-corrected chi connectivity index (χ2v) is 6.06. The number of esters is 1. The summed E-state index contributed by atoms with van der Waals surface area (Å²) in [4.78, 5) is 10.9. The summed E-state index contributed by atoms with van der Waals surface area (Å²) >= 11 is 0. The van der Waals surface area contributed by atoms with Crippen LogP contribution >= 0.6 is 0 Å². The maximum atomic E-state index is 11.9. The number of sulfonamides is 1. The summed E-state index contributed by atoms with van der Waals surface area (Å²) in [6, 6.07) is 2.01. The van der Waals surface area contributed by atoms with Gasteiger partial charge in [0.05, 0.1) is 24.8 Å². The largest absolute Gasteiger partial charge is 0.469 e. The van der Waals surface area contributed by atoms with Crippen LogP contribution in [0.1, 0.15) is 26.7 Å². The Morgan fingerprint density at radius 3 is 2.56 bits per heavy atom. The van der Waals surface area contributed by atoms with Gasteiger partial charge in [-0.15, -0.1) is 0 Å². The molecule has 0 aliphatic carbocycles. The summed E-state index contributed by atoms with van der Waals surface area (Å²) in [6.07, 6.45) is 0.313. The first-order chi connectivity index (χ1) is 8.37. The number of hydrogen-bond acceptors (Lipinski definition) is 5. The number of nitriles is 1. The molecular weight excluding hydrogens is 256 g/mol. The number of ether oxygens (including phenoxy) is 1. The van der Waals surface area contributed by atoms with Gasteiger partial charge in [0.15, 0.2) is 0 Å². The number of rotatable bonds is 8. The topological polar surface area (TPSA) is 87.5 Å². The van der Waals surface area contributed by atoms with Crippen molar-refractivity contribution in [2.75, 3.05) is 26.0 Å². The van der Waals surface area contributed by atoms with Gasteiger partial charge in [-0.2, -0.15) is 5.26 Å². The van der Waals surface area contributed by atoms with Crippen LogP contribution in [0.5, 0.6) is 0 Å². The standard InChI is InChI=1S/C11H20N2O4S/c1-4-13(9-10(2)8-12)18(15,16)7-5-6-11(14)17-3/h10H,4-7,9H2,1-3H3. The zero-order chi connectivity index (χ0) is 14.2. The second kappa shape index (κ2) is 8.06. The molecule has 104 valence electrons. The summed E-state index contributed by atoms with van der Waals surface area (Å²) in [5.41, 5.74) is 0. The normalized spacial score (nSPS) is 13.1. The molecule has 7 heteroatoms. The molecule has 0 aliphatic rings. The maximum Gasteiger partial charge on any atom is 0.305 e. The highest BCUT2D eigenvalue weighted by molar-refractivity contribution is 7.89. The Bertz CT molecular complexity index is 400. The van der Waals surface area contributed by atoms with E-state index in [2.05, 4.69) is 4.74 Å². The van der Waals surface area contributed by atoms with E-state index in [1.54, 1.807) is 13.8 Å². The first-order valence-corrected chi connectivity index (χ1v) is 7.42. The van der Waals surface area contributed by atoms with Crippen LogP contribution in [0.2, 0.25) is 0 Å². The molecular formula is C11H20N2O4S. The summed E-state index contributed by atoms with van der Waals surface area (Å²) in [5, 5.41) is 8.69. The van der Waals surface area contributed by atoms with E-state index in [0.29, 0.717) is 6.54 Å². The lowest BCUT2D eigenvalue weighted by molar-refractivity contribution is -0.140. The van der Waals surface area contributed by atoms with Gasteiger partial charge in [0.1, 0.15) is 0 Å². The molecule has 18 heavy (non-hydrogen) atoms. The molecule has 0 fully saturated rings. The quantitative estimate of drug-likeness (QED) is 0.610. The maximum absolute atomic E-state index is 11.9. The third-order valence-corrected chi connectivity index (χ3v) is 4.45. The highest BCUT2D eigenvalue weighted by Gasteiger charge is 2.22. The van der Waals surface area contributed by atoms with Gasteiger partial charge in [0, 0.05) is 19.5 Å². The van der Waals surface area contributed by atoms with Gasteiger partial charge in [0.2, 0.25) is 10.0 Å². The predicted octanol–water partition coefficient (Wildman–Crippen LogP) is 0.751. The molecule has 0 bridgehead atoms. The first-order valence-electron chi connectivity index (χ1n) is 5.81. The first kappa shape index (κ1) is 16.9. The summed E-state index contributed by atoms with van der Waals surface area (Å²) in [6.45, 7) is 3.91. The van der Waals surface area contributed by atoms with Crippen molar-refractivity contribution < 1.29 is 17.9 Å². The van der Waals surface area contributed by atoms with Crippen LogP contribution in [0.4, 0.5) is 0 Å².